The van der Waals surface area contributed by atoms with Gasteiger partial charge in [0, 0.05) is 127 Å². The molecule has 70 heavy (non-hydrogen) atoms. The van der Waals surface area contributed by atoms with Gasteiger partial charge in [-0.15, -0.1) is 0 Å². The Kier molecular flexibility index (Phi) is 22.5. The Bertz CT molecular complexity index is 1960. The van der Waals surface area contributed by atoms with Crippen molar-refractivity contribution in [2.45, 2.75) is 102 Å². The molecule has 378 valence electrons. The van der Waals surface area contributed by atoms with E-state index in [0.29, 0.717) is 25.7 Å². The van der Waals surface area contributed by atoms with Crippen molar-refractivity contribution in [3.63, 3.8) is 0 Å². The third-order valence-corrected chi connectivity index (χ3v) is 11.3. The molecule has 0 unspecified atom stereocenters. The minimum absolute atomic E-state index is 0.000656. The molecule has 14 amide bonds. The molecule has 4 rings (SSSR count). The first-order chi connectivity index (χ1) is 33.5. The molecule has 0 bridgehead atoms. The molecule has 24 nitrogen and oxygen atoms in total. The number of nitrogens with zero attached hydrogens (tertiary/aromatic N) is 4. The van der Waals surface area contributed by atoms with Crippen LogP contribution >= 0.6 is 0 Å². The number of carbonyl (C=O) groups is 14. The third-order valence-electron chi connectivity index (χ3n) is 11.3. The molecule has 0 saturated carbocycles. The maximum absolute atomic E-state index is 13.4. The second kappa shape index (κ2) is 28.6. The van der Waals surface area contributed by atoms with Crippen molar-refractivity contribution in [3.05, 3.63) is 48.6 Å². The number of unbranched alkanes of at least 4 members (excludes halogenated alkanes) is 2. The van der Waals surface area contributed by atoms with E-state index in [2.05, 4.69) is 31.9 Å². The summed E-state index contributed by atoms with van der Waals surface area (Å²) in [6.45, 7) is 0.524. The minimum Gasteiger partial charge on any atom is -0.356 e. The standard InChI is InChI=1S/C46H60N10O14/c57-33(11-5-27-53-37(61)15-16-38(53)62)47-23-3-1-9-31(51-35(59)13-7-29-55-41(65)19-20-42(55)66)45(69)49-25-26-50-46(70)32(52-36(60)14-8-30-56-43(67)21-22-44(56)68)10-2-4-24-48-34(58)12-6-28-54-39(63)17-18-40(54)64/h15-22,31-32H,1-14,23-30H2,(H,47,57)(H,48,58)(H,49,69)(H,50,70)(H,51,59)(H,52,60)/t31-,32-/m0/s1. The average Bonchev–Trinajstić information content (AvgIpc) is 4.04. The molecule has 6 N–H and O–H groups in total. The van der Waals surface area contributed by atoms with Gasteiger partial charge in [-0.2, -0.15) is 0 Å². The summed E-state index contributed by atoms with van der Waals surface area (Å²) in [6.07, 6.45) is 11.9. The summed E-state index contributed by atoms with van der Waals surface area (Å²) in [5.41, 5.74) is 0. The van der Waals surface area contributed by atoms with E-state index in [-0.39, 0.29) is 128 Å². The van der Waals surface area contributed by atoms with Gasteiger partial charge in [0.05, 0.1) is 0 Å². The van der Waals surface area contributed by atoms with Crippen LogP contribution in [0.4, 0.5) is 0 Å². The zero-order chi connectivity index (χ0) is 51.0. The van der Waals surface area contributed by atoms with Crippen molar-refractivity contribution in [1.29, 1.82) is 0 Å². The maximum atomic E-state index is 13.4. The summed E-state index contributed by atoms with van der Waals surface area (Å²) >= 11 is 0. The van der Waals surface area contributed by atoms with Crippen LogP contribution in [0.15, 0.2) is 48.6 Å². The lowest BCUT2D eigenvalue weighted by Crippen LogP contribution is -2.50. The summed E-state index contributed by atoms with van der Waals surface area (Å²) in [7, 11) is 0. The number of hydrogen-bond acceptors (Lipinski definition) is 14. The van der Waals surface area contributed by atoms with E-state index >= 15 is 0 Å². The third kappa shape index (κ3) is 18.4. The van der Waals surface area contributed by atoms with Crippen LogP contribution in [0.25, 0.3) is 0 Å². The lowest BCUT2D eigenvalue weighted by atomic mass is 10.1. The average molecular weight is 977 g/mol. The number of nitrogens with one attached hydrogen (secondary N) is 6. The van der Waals surface area contributed by atoms with Gasteiger partial charge in [-0.3, -0.25) is 86.7 Å². The van der Waals surface area contributed by atoms with Crippen LogP contribution in [0, 0.1) is 0 Å². The molecule has 0 fully saturated rings. The van der Waals surface area contributed by atoms with Crippen LogP contribution in [-0.4, -0.2) is 167 Å². The van der Waals surface area contributed by atoms with Crippen molar-refractivity contribution >= 4 is 82.7 Å². The molecular formula is C46H60N10O14. The Morgan fingerprint density at radius 2 is 0.586 bits per heavy atom. The zero-order valence-corrected chi connectivity index (χ0v) is 38.8. The molecule has 0 saturated heterocycles. The van der Waals surface area contributed by atoms with E-state index in [0.717, 1.165) is 68.2 Å². The molecule has 0 aromatic heterocycles. The van der Waals surface area contributed by atoms with Crippen LogP contribution in [0.5, 0.6) is 0 Å². The zero-order valence-electron chi connectivity index (χ0n) is 38.8. The van der Waals surface area contributed by atoms with E-state index in [1.54, 1.807) is 0 Å². The Morgan fingerprint density at radius 3 is 0.857 bits per heavy atom. The summed E-state index contributed by atoms with van der Waals surface area (Å²) in [6, 6.07) is -2.07. The summed E-state index contributed by atoms with van der Waals surface area (Å²) in [5.74, 6) is -6.47. The highest BCUT2D eigenvalue weighted by Gasteiger charge is 2.28. The van der Waals surface area contributed by atoms with Crippen LogP contribution in [-0.2, 0) is 67.1 Å². The predicted octanol–water partition coefficient (Wildman–Crippen LogP) is -2.42. The van der Waals surface area contributed by atoms with Gasteiger partial charge in [0.25, 0.3) is 47.3 Å². The molecule has 0 radical (unpaired) electrons. The molecule has 0 aromatic rings. The molecule has 4 heterocycles. The second-order valence-corrected chi connectivity index (χ2v) is 16.6. The summed E-state index contributed by atoms with van der Waals surface area (Å²) in [4.78, 5) is 176. The topological polar surface area (TPSA) is 324 Å². The van der Waals surface area contributed by atoms with E-state index in [9.17, 15) is 67.1 Å². The Hall–Kier alpha value is -7.66. The smallest absolute Gasteiger partial charge is 0.253 e. The number of carbonyl (C=O) groups excluding carboxylic acids is 14. The molecular weight excluding hydrogens is 917 g/mol. The molecule has 0 spiro atoms. The summed E-state index contributed by atoms with van der Waals surface area (Å²) in [5, 5.41) is 16.2. The fourth-order valence-electron chi connectivity index (χ4n) is 7.46. The van der Waals surface area contributed by atoms with Gasteiger partial charge in [-0.1, -0.05) is 0 Å². The highest BCUT2D eigenvalue weighted by molar-refractivity contribution is 6.14. The van der Waals surface area contributed by atoms with Gasteiger partial charge in [-0.25, -0.2) is 0 Å². The largest absolute Gasteiger partial charge is 0.356 e. The fourth-order valence-corrected chi connectivity index (χ4v) is 7.46. The van der Waals surface area contributed by atoms with Crippen LogP contribution in [0.3, 0.4) is 0 Å². The van der Waals surface area contributed by atoms with E-state index in [1.165, 1.54) is 0 Å². The minimum atomic E-state index is -1.04. The first-order valence-electron chi connectivity index (χ1n) is 23.4. The van der Waals surface area contributed by atoms with Crippen LogP contribution < -0.4 is 31.9 Å². The fraction of sp³-hybridized carbons (Fsp3) is 0.522. The highest BCUT2D eigenvalue weighted by Crippen LogP contribution is 2.11. The predicted molar refractivity (Wildman–Crippen MR) is 244 cm³/mol. The van der Waals surface area contributed by atoms with Gasteiger partial charge in [0.15, 0.2) is 0 Å². The first kappa shape index (κ1) is 54.9. The Labute approximate surface area is 403 Å². The number of amides is 14. The van der Waals surface area contributed by atoms with Gasteiger partial charge < -0.3 is 31.9 Å². The molecule has 4 aliphatic heterocycles. The van der Waals surface area contributed by atoms with Crippen molar-refractivity contribution in [2.75, 3.05) is 52.4 Å². The summed E-state index contributed by atoms with van der Waals surface area (Å²) < 4.78 is 0. The Balaban J connectivity index is 1.23. The van der Waals surface area contributed by atoms with Crippen molar-refractivity contribution < 1.29 is 67.1 Å². The first-order valence-corrected chi connectivity index (χ1v) is 23.4. The number of rotatable bonds is 33. The van der Waals surface area contributed by atoms with E-state index in [1.807, 2.05) is 0 Å². The molecule has 2 atom stereocenters. The molecule has 4 aliphatic rings. The van der Waals surface area contributed by atoms with Gasteiger partial charge in [0.1, 0.15) is 12.1 Å². The molecule has 0 aliphatic carbocycles. The Morgan fingerprint density at radius 1 is 0.329 bits per heavy atom. The van der Waals surface area contributed by atoms with Crippen molar-refractivity contribution in [1.82, 2.24) is 51.5 Å². The van der Waals surface area contributed by atoms with E-state index < -0.39 is 83.0 Å². The molecule has 24 heteroatoms. The van der Waals surface area contributed by atoms with Gasteiger partial charge >= 0.3 is 0 Å². The van der Waals surface area contributed by atoms with Crippen LogP contribution in [0.1, 0.15) is 89.9 Å². The lowest BCUT2D eigenvalue weighted by Gasteiger charge is -2.21. The maximum Gasteiger partial charge on any atom is 0.253 e. The second-order valence-electron chi connectivity index (χ2n) is 16.6. The number of imide groups is 4. The van der Waals surface area contributed by atoms with Gasteiger partial charge in [-0.05, 0) is 64.2 Å². The van der Waals surface area contributed by atoms with Gasteiger partial charge in [0.2, 0.25) is 35.4 Å². The SMILES string of the molecule is O=C(CCCN1C(=O)C=CC1=O)NCCCC[C@H](NC(=O)CCCN1C(=O)C=CC1=O)C(=O)NCCNC(=O)[C@H](CCCCNC(=O)CCCN1C(=O)C=CC1=O)NC(=O)CCCN1C(=O)C=CC1=O. The van der Waals surface area contributed by atoms with Crippen LogP contribution in [0.2, 0.25) is 0 Å². The van der Waals surface area contributed by atoms with Crippen molar-refractivity contribution in [2.24, 2.45) is 0 Å². The number of hydrogen-bond donors (Lipinski definition) is 6. The van der Waals surface area contributed by atoms with Crippen molar-refractivity contribution in [3.8, 4) is 0 Å². The quantitative estimate of drug-likeness (QED) is 0.0295. The monoisotopic (exact) mass is 976 g/mol. The molecule has 0 aromatic carbocycles. The normalized spacial score (nSPS) is 15.9. The highest BCUT2D eigenvalue weighted by atomic mass is 16.2. The lowest BCUT2D eigenvalue weighted by molar-refractivity contribution is -0.138. The van der Waals surface area contributed by atoms with E-state index in [4.69, 9.17) is 0 Å².